The lowest BCUT2D eigenvalue weighted by Gasteiger charge is -2.21. The van der Waals surface area contributed by atoms with Crippen molar-refractivity contribution in [1.29, 1.82) is 0 Å². The predicted octanol–water partition coefficient (Wildman–Crippen LogP) is 2.99. The van der Waals surface area contributed by atoms with Crippen molar-refractivity contribution >= 4 is 11.6 Å². The smallest absolute Gasteiger partial charge is 0.135 e. The van der Waals surface area contributed by atoms with Crippen LogP contribution in [0.2, 0.25) is 0 Å². The fourth-order valence-electron chi connectivity index (χ4n) is 2.25. The van der Waals surface area contributed by atoms with Crippen LogP contribution in [0.5, 0.6) is 0 Å². The van der Waals surface area contributed by atoms with Crippen molar-refractivity contribution in [3.8, 4) is 0 Å². The van der Waals surface area contributed by atoms with Crippen LogP contribution in [-0.2, 0) is 0 Å². The molecule has 0 saturated heterocycles. The zero-order chi connectivity index (χ0) is 15.1. The maximum atomic E-state index is 9.46. The zero-order valence-corrected chi connectivity index (χ0v) is 13.3. The van der Waals surface area contributed by atoms with Crippen LogP contribution in [-0.4, -0.2) is 33.8 Å². The van der Waals surface area contributed by atoms with Crippen LogP contribution in [0.3, 0.4) is 0 Å². The molecule has 1 rings (SSSR count). The third-order valence-corrected chi connectivity index (χ3v) is 3.08. The van der Waals surface area contributed by atoms with E-state index in [1.807, 2.05) is 0 Å². The number of aromatic nitrogens is 2. The number of hydrogen-bond acceptors (Lipinski definition) is 5. The molecular formula is C15H28N4O. The number of rotatable bonds is 8. The summed E-state index contributed by atoms with van der Waals surface area (Å²) in [4.78, 5) is 8.73. The minimum atomic E-state index is -0.320. The summed E-state index contributed by atoms with van der Waals surface area (Å²) in [5.74, 6) is 2.10. The highest BCUT2D eigenvalue weighted by atomic mass is 16.3. The Hall–Kier alpha value is -1.36. The van der Waals surface area contributed by atoms with Crippen molar-refractivity contribution in [3.05, 3.63) is 11.9 Å². The van der Waals surface area contributed by atoms with E-state index in [9.17, 15) is 5.11 Å². The van der Waals surface area contributed by atoms with Gasteiger partial charge in [-0.15, -0.1) is 0 Å². The van der Waals surface area contributed by atoms with E-state index < -0.39 is 0 Å². The molecule has 5 heteroatoms. The van der Waals surface area contributed by atoms with Gasteiger partial charge >= 0.3 is 0 Å². The average molecular weight is 280 g/mol. The number of nitrogens with zero attached hydrogens (tertiary/aromatic N) is 2. The van der Waals surface area contributed by atoms with Gasteiger partial charge in [0.1, 0.15) is 18.0 Å². The molecule has 1 aromatic heterocycles. The molecule has 0 amide bonds. The Morgan fingerprint density at radius 3 is 2.35 bits per heavy atom. The van der Waals surface area contributed by atoms with Gasteiger partial charge < -0.3 is 15.7 Å². The van der Waals surface area contributed by atoms with Gasteiger partial charge in [-0.25, -0.2) is 9.97 Å². The number of aliphatic hydroxyl groups is 1. The van der Waals surface area contributed by atoms with Gasteiger partial charge in [-0.1, -0.05) is 20.8 Å². The first-order valence-electron chi connectivity index (χ1n) is 7.49. The molecular weight excluding hydrogens is 252 g/mol. The minimum Gasteiger partial charge on any atom is -0.393 e. The first-order chi connectivity index (χ1) is 9.45. The largest absolute Gasteiger partial charge is 0.393 e. The number of anilines is 2. The Morgan fingerprint density at radius 1 is 1.15 bits per heavy atom. The Morgan fingerprint density at radius 2 is 1.80 bits per heavy atom. The Bertz CT molecular complexity index is 407. The monoisotopic (exact) mass is 280 g/mol. The van der Waals surface area contributed by atoms with Crippen molar-refractivity contribution < 1.29 is 5.11 Å². The quantitative estimate of drug-likeness (QED) is 0.683. The molecule has 2 unspecified atom stereocenters. The highest BCUT2D eigenvalue weighted by molar-refractivity contribution is 5.59. The summed E-state index contributed by atoms with van der Waals surface area (Å²) < 4.78 is 0. The Kier molecular flexibility index (Phi) is 6.71. The maximum absolute atomic E-state index is 9.46. The second-order valence-corrected chi connectivity index (χ2v) is 5.70. The first-order valence-corrected chi connectivity index (χ1v) is 7.49. The standard InChI is InChI=1S/C15H28N4O/c1-6-7-16-14-13(10(2)3)15(18-9-17-14)19-11(4)8-12(5)20/h9-12,20H,6-8H2,1-5H3,(H2,16,17,18,19). The predicted molar refractivity (Wildman–Crippen MR) is 84.3 cm³/mol. The molecule has 0 saturated carbocycles. The molecule has 2 atom stereocenters. The van der Waals surface area contributed by atoms with Gasteiger partial charge in [0, 0.05) is 18.2 Å². The summed E-state index contributed by atoms with van der Waals surface area (Å²) in [7, 11) is 0. The Balaban J connectivity index is 2.94. The van der Waals surface area contributed by atoms with E-state index >= 15 is 0 Å². The normalized spacial score (nSPS) is 14.2. The van der Waals surface area contributed by atoms with Crippen LogP contribution in [0.1, 0.15) is 58.9 Å². The van der Waals surface area contributed by atoms with E-state index in [0.29, 0.717) is 12.3 Å². The molecule has 0 aromatic carbocycles. The lowest BCUT2D eigenvalue weighted by atomic mass is 10.0. The van der Waals surface area contributed by atoms with E-state index in [2.05, 4.69) is 48.3 Å². The van der Waals surface area contributed by atoms with Crippen LogP contribution in [0.25, 0.3) is 0 Å². The van der Waals surface area contributed by atoms with E-state index in [1.54, 1.807) is 13.3 Å². The van der Waals surface area contributed by atoms with E-state index in [4.69, 9.17) is 0 Å². The summed E-state index contributed by atoms with van der Waals surface area (Å²) in [6, 6.07) is 0.168. The summed E-state index contributed by atoms with van der Waals surface area (Å²) in [5, 5.41) is 16.2. The molecule has 0 spiro atoms. The summed E-state index contributed by atoms with van der Waals surface area (Å²) >= 11 is 0. The van der Waals surface area contributed by atoms with Gasteiger partial charge in [-0.05, 0) is 32.6 Å². The number of aliphatic hydroxyl groups excluding tert-OH is 1. The summed E-state index contributed by atoms with van der Waals surface area (Å²) in [5.41, 5.74) is 1.11. The molecule has 3 N–H and O–H groups in total. The molecule has 0 bridgehead atoms. The fourth-order valence-corrected chi connectivity index (χ4v) is 2.25. The van der Waals surface area contributed by atoms with Crippen molar-refractivity contribution in [2.24, 2.45) is 0 Å². The molecule has 20 heavy (non-hydrogen) atoms. The maximum Gasteiger partial charge on any atom is 0.135 e. The van der Waals surface area contributed by atoms with Gasteiger partial charge in [-0.2, -0.15) is 0 Å². The van der Waals surface area contributed by atoms with E-state index in [-0.39, 0.29) is 12.1 Å². The number of nitrogens with one attached hydrogen (secondary N) is 2. The molecule has 0 aliphatic carbocycles. The van der Waals surface area contributed by atoms with Gasteiger partial charge in [0.2, 0.25) is 0 Å². The zero-order valence-electron chi connectivity index (χ0n) is 13.3. The van der Waals surface area contributed by atoms with Crippen LogP contribution in [0.15, 0.2) is 6.33 Å². The molecule has 114 valence electrons. The van der Waals surface area contributed by atoms with Crippen molar-refractivity contribution in [2.45, 2.75) is 65.5 Å². The highest BCUT2D eigenvalue weighted by Gasteiger charge is 2.16. The molecule has 1 heterocycles. The molecule has 5 nitrogen and oxygen atoms in total. The fraction of sp³-hybridized carbons (Fsp3) is 0.733. The lowest BCUT2D eigenvalue weighted by Crippen LogP contribution is -2.23. The Labute approximate surface area is 122 Å². The second-order valence-electron chi connectivity index (χ2n) is 5.70. The van der Waals surface area contributed by atoms with Crippen molar-refractivity contribution in [2.75, 3.05) is 17.2 Å². The van der Waals surface area contributed by atoms with Gasteiger partial charge in [0.25, 0.3) is 0 Å². The van der Waals surface area contributed by atoms with Crippen LogP contribution < -0.4 is 10.6 Å². The summed E-state index contributed by atoms with van der Waals surface area (Å²) in [6.07, 6.45) is 3.02. The van der Waals surface area contributed by atoms with Crippen molar-refractivity contribution in [3.63, 3.8) is 0 Å². The molecule has 1 aromatic rings. The summed E-state index contributed by atoms with van der Waals surface area (Å²) in [6.45, 7) is 11.2. The lowest BCUT2D eigenvalue weighted by molar-refractivity contribution is 0.179. The molecule has 0 fully saturated rings. The van der Waals surface area contributed by atoms with Gasteiger partial charge in [-0.3, -0.25) is 0 Å². The number of hydrogen-bond donors (Lipinski definition) is 3. The third kappa shape index (κ3) is 4.96. The second kappa shape index (κ2) is 8.04. The average Bonchev–Trinajstić information content (AvgIpc) is 2.34. The first kappa shape index (κ1) is 16.7. The molecule has 0 aliphatic rings. The topological polar surface area (TPSA) is 70.1 Å². The van der Waals surface area contributed by atoms with Gasteiger partial charge in [0.05, 0.1) is 6.10 Å². The van der Waals surface area contributed by atoms with E-state index in [1.165, 1.54) is 0 Å². The van der Waals surface area contributed by atoms with Crippen LogP contribution in [0.4, 0.5) is 11.6 Å². The molecule has 0 aliphatic heterocycles. The third-order valence-electron chi connectivity index (χ3n) is 3.08. The van der Waals surface area contributed by atoms with Crippen LogP contribution >= 0.6 is 0 Å². The SMILES string of the molecule is CCCNc1ncnc(NC(C)CC(C)O)c1C(C)C. The van der Waals surface area contributed by atoms with Crippen LogP contribution in [0, 0.1) is 0 Å². The minimum absolute atomic E-state index is 0.168. The molecule has 0 radical (unpaired) electrons. The van der Waals surface area contributed by atoms with Crippen molar-refractivity contribution in [1.82, 2.24) is 9.97 Å². The van der Waals surface area contributed by atoms with Gasteiger partial charge in [0.15, 0.2) is 0 Å². The van der Waals surface area contributed by atoms with E-state index in [0.717, 1.165) is 30.2 Å². The highest BCUT2D eigenvalue weighted by Crippen LogP contribution is 2.29.